The van der Waals surface area contributed by atoms with E-state index in [9.17, 15) is 27.2 Å². The van der Waals surface area contributed by atoms with Gasteiger partial charge in [0, 0.05) is 23.3 Å². The molecule has 0 amide bonds. The Bertz CT molecular complexity index is 1890. The van der Waals surface area contributed by atoms with Gasteiger partial charge in [0.2, 0.25) is 5.95 Å². The number of fused-ring (bicyclic) bond motifs is 1. The summed E-state index contributed by atoms with van der Waals surface area (Å²) in [5, 5.41) is 24.4. The van der Waals surface area contributed by atoms with Crippen LogP contribution in [0.25, 0.3) is 10.9 Å². The van der Waals surface area contributed by atoms with Crippen molar-refractivity contribution in [3.05, 3.63) is 100 Å². The quantitative estimate of drug-likeness (QED) is 0.157. The molecule has 15 heteroatoms. The van der Waals surface area contributed by atoms with E-state index in [1.54, 1.807) is 6.20 Å². The van der Waals surface area contributed by atoms with E-state index in [1.165, 1.54) is 41.2 Å². The van der Waals surface area contributed by atoms with Crippen LogP contribution in [0.3, 0.4) is 0 Å². The number of pyridine rings is 2. The molecule has 4 heterocycles. The molecule has 2 aromatic carbocycles. The first kappa shape index (κ1) is 28.3. The summed E-state index contributed by atoms with van der Waals surface area (Å²) in [5.41, 5.74) is -0.0671. The number of benzene rings is 2. The van der Waals surface area contributed by atoms with E-state index in [1.807, 2.05) is 6.07 Å². The lowest BCUT2D eigenvalue weighted by atomic mass is 9.97. The second-order valence-corrected chi connectivity index (χ2v) is 10.0. The molecule has 1 atom stereocenters. The van der Waals surface area contributed by atoms with Crippen molar-refractivity contribution in [2.45, 2.75) is 18.3 Å². The van der Waals surface area contributed by atoms with Gasteiger partial charge in [0.25, 0.3) is 0 Å². The van der Waals surface area contributed by atoms with E-state index in [2.05, 4.69) is 30.9 Å². The molecule has 0 aliphatic carbocycles. The Morgan fingerprint density at radius 3 is 2.56 bits per heavy atom. The number of rotatable bonds is 7. The van der Waals surface area contributed by atoms with E-state index in [-0.39, 0.29) is 55.9 Å². The minimum atomic E-state index is -4.67. The van der Waals surface area contributed by atoms with E-state index < -0.39 is 29.5 Å². The summed E-state index contributed by atoms with van der Waals surface area (Å²) in [5.74, 6) is -2.51. The van der Waals surface area contributed by atoms with Crippen molar-refractivity contribution < 1.29 is 26.7 Å². The van der Waals surface area contributed by atoms with Gasteiger partial charge in [-0.15, -0.1) is 5.10 Å². The van der Waals surface area contributed by atoms with Crippen molar-refractivity contribution in [1.82, 2.24) is 25.0 Å². The zero-order chi connectivity index (χ0) is 30.3. The molecule has 0 bridgehead atoms. The molecule has 1 aliphatic heterocycles. The number of nitriles is 1. The zero-order valence-electron chi connectivity index (χ0n) is 21.7. The second kappa shape index (κ2) is 11.1. The Kier molecular flexibility index (Phi) is 7.28. The van der Waals surface area contributed by atoms with E-state index in [0.29, 0.717) is 13.2 Å². The van der Waals surface area contributed by atoms with Gasteiger partial charge < -0.3 is 15.4 Å². The molecule has 1 saturated heterocycles. The number of alkyl halides is 3. The van der Waals surface area contributed by atoms with Crippen LogP contribution in [0.2, 0.25) is 5.02 Å². The van der Waals surface area contributed by atoms with E-state index >= 15 is 0 Å². The van der Waals surface area contributed by atoms with Gasteiger partial charge in [-0.1, -0.05) is 35.0 Å². The Morgan fingerprint density at radius 1 is 1.07 bits per heavy atom. The highest BCUT2D eigenvalue weighted by Crippen LogP contribution is 2.40. The van der Waals surface area contributed by atoms with Gasteiger partial charge in [-0.3, -0.25) is 4.98 Å². The molecule has 0 radical (unpaired) electrons. The molecule has 0 unspecified atom stereocenters. The van der Waals surface area contributed by atoms with Gasteiger partial charge in [-0.25, -0.2) is 14.1 Å². The molecule has 1 aliphatic rings. The first-order valence-electron chi connectivity index (χ1n) is 12.6. The van der Waals surface area contributed by atoms with Crippen LogP contribution in [0.1, 0.15) is 34.5 Å². The van der Waals surface area contributed by atoms with Crippen molar-refractivity contribution in [3.63, 3.8) is 0 Å². The van der Waals surface area contributed by atoms with Gasteiger partial charge in [0.15, 0.2) is 5.82 Å². The highest BCUT2D eigenvalue weighted by atomic mass is 35.5. The fourth-order valence-corrected chi connectivity index (χ4v) is 4.93. The van der Waals surface area contributed by atoms with Crippen LogP contribution >= 0.6 is 11.6 Å². The Labute approximate surface area is 244 Å². The molecule has 6 rings (SSSR count). The summed E-state index contributed by atoms with van der Waals surface area (Å²) in [4.78, 5) is 7.60. The number of aromatic nitrogens is 5. The maximum atomic E-state index is 14.1. The van der Waals surface area contributed by atoms with Crippen molar-refractivity contribution in [3.8, 4) is 6.07 Å². The van der Waals surface area contributed by atoms with Gasteiger partial charge in [-0.2, -0.15) is 22.8 Å². The predicted molar refractivity (Wildman–Crippen MR) is 146 cm³/mol. The van der Waals surface area contributed by atoms with Gasteiger partial charge in [0.1, 0.15) is 17.8 Å². The molecule has 2 N–H and O–H groups in total. The summed E-state index contributed by atoms with van der Waals surface area (Å²) >= 11 is 6.57. The van der Waals surface area contributed by atoms with Crippen LogP contribution in [0.15, 0.2) is 61.1 Å². The van der Waals surface area contributed by atoms with Gasteiger partial charge in [0.05, 0.1) is 64.7 Å². The SMILES string of the molecule is N#Cc1cnc2c(Cl)cc(N[C@H](c3cn(C4COC4)nn3)c3ccccc3C(F)(F)F)cc2c1Nc1cnc(F)c(F)c1. The van der Waals surface area contributed by atoms with Gasteiger partial charge >= 0.3 is 6.18 Å². The van der Waals surface area contributed by atoms with Crippen LogP contribution in [-0.2, 0) is 10.9 Å². The average Bonchev–Trinajstić information content (AvgIpc) is 3.41. The number of ether oxygens (including phenoxy) is 1. The van der Waals surface area contributed by atoms with Crippen LogP contribution in [0, 0.1) is 23.1 Å². The summed E-state index contributed by atoms with van der Waals surface area (Å²) in [7, 11) is 0. The first-order valence-corrected chi connectivity index (χ1v) is 13.0. The number of halogens is 6. The fourth-order valence-electron chi connectivity index (χ4n) is 4.66. The number of nitrogens with zero attached hydrogens (tertiary/aromatic N) is 6. The number of nitrogens with one attached hydrogen (secondary N) is 2. The lowest BCUT2D eigenvalue weighted by molar-refractivity contribution is -0.138. The van der Waals surface area contributed by atoms with Crippen molar-refractivity contribution in [1.29, 1.82) is 5.26 Å². The smallest absolute Gasteiger partial charge is 0.377 e. The highest BCUT2D eigenvalue weighted by molar-refractivity contribution is 6.36. The molecule has 5 aromatic rings. The van der Waals surface area contributed by atoms with Crippen molar-refractivity contribution in [2.75, 3.05) is 23.8 Å². The molecular weight excluding hydrogens is 595 g/mol. The minimum Gasteiger partial charge on any atom is -0.377 e. The number of hydrogen-bond acceptors (Lipinski definition) is 8. The normalized spacial score (nSPS) is 14.3. The monoisotopic (exact) mass is 612 g/mol. The van der Waals surface area contributed by atoms with Gasteiger partial charge in [-0.05, 0) is 23.8 Å². The van der Waals surface area contributed by atoms with E-state index in [0.717, 1.165) is 18.3 Å². The molecule has 1 fully saturated rings. The molecular formula is C28H18ClF5N8O. The zero-order valence-corrected chi connectivity index (χ0v) is 22.5. The molecule has 9 nitrogen and oxygen atoms in total. The summed E-state index contributed by atoms with van der Waals surface area (Å²) in [6.45, 7) is 0.801. The predicted octanol–water partition coefficient (Wildman–Crippen LogP) is 6.56. The third-order valence-electron chi connectivity index (χ3n) is 6.82. The van der Waals surface area contributed by atoms with Crippen LogP contribution in [0.4, 0.5) is 39.0 Å². The third kappa shape index (κ3) is 5.52. The lowest BCUT2D eigenvalue weighted by Crippen LogP contribution is -2.31. The topological polar surface area (TPSA) is 114 Å². The largest absolute Gasteiger partial charge is 0.416 e. The maximum absolute atomic E-state index is 14.1. The molecule has 218 valence electrons. The van der Waals surface area contributed by atoms with Crippen LogP contribution in [0.5, 0.6) is 0 Å². The number of hydrogen-bond donors (Lipinski definition) is 2. The lowest BCUT2D eigenvalue weighted by Gasteiger charge is -2.25. The summed E-state index contributed by atoms with van der Waals surface area (Å²) in [6.07, 6.45) is -0.826. The molecule has 0 spiro atoms. The molecule has 0 saturated carbocycles. The Morgan fingerprint density at radius 2 is 1.86 bits per heavy atom. The fraction of sp³-hybridized carbons (Fsp3) is 0.179. The van der Waals surface area contributed by atoms with Crippen LogP contribution in [-0.4, -0.2) is 38.2 Å². The minimum absolute atomic E-state index is 0.0333. The van der Waals surface area contributed by atoms with Crippen molar-refractivity contribution >= 4 is 39.6 Å². The first-order chi connectivity index (χ1) is 20.6. The van der Waals surface area contributed by atoms with Crippen molar-refractivity contribution in [2.24, 2.45) is 0 Å². The standard InChI is InChI=1S/C28H18ClF5N8O/c29-21-6-15(5-19-24(14(8-35)9-36-25(19)21)39-16-7-22(30)27(31)37-10-16)38-26(18-3-1-2-4-20(18)28(32,33)34)23-11-42(41-40-23)17-12-43-13-17/h1-7,9-11,17,26,38H,12-13H2,(H,36,39)/t26-/m0/s1. The molecule has 43 heavy (non-hydrogen) atoms. The van der Waals surface area contributed by atoms with E-state index in [4.69, 9.17) is 16.3 Å². The summed E-state index contributed by atoms with van der Waals surface area (Å²) in [6, 6.07) is 9.70. The average molecular weight is 613 g/mol. The molecule has 3 aromatic heterocycles. The highest BCUT2D eigenvalue weighted by Gasteiger charge is 2.36. The Hall–Kier alpha value is -4.87. The maximum Gasteiger partial charge on any atom is 0.416 e. The number of anilines is 3. The summed E-state index contributed by atoms with van der Waals surface area (Å²) < 4.78 is 76.4. The second-order valence-electron chi connectivity index (χ2n) is 9.61. The van der Waals surface area contributed by atoms with Crippen LogP contribution < -0.4 is 10.6 Å². The Balaban J connectivity index is 1.47. The third-order valence-corrected chi connectivity index (χ3v) is 7.11.